The van der Waals surface area contributed by atoms with E-state index in [9.17, 15) is 19.8 Å². The first kappa shape index (κ1) is 23.8. The van der Waals surface area contributed by atoms with Gasteiger partial charge in [0.05, 0.1) is 5.56 Å². The van der Waals surface area contributed by atoms with Crippen LogP contribution in [0.3, 0.4) is 0 Å². The molecule has 5 nitrogen and oxygen atoms in total. The number of phenols is 2. The Kier molecular flexibility index (Phi) is 5.91. The van der Waals surface area contributed by atoms with Crippen molar-refractivity contribution in [1.29, 1.82) is 0 Å². The van der Waals surface area contributed by atoms with Crippen LogP contribution in [-0.2, 0) is 6.42 Å². The van der Waals surface area contributed by atoms with Gasteiger partial charge in [0.1, 0.15) is 28.9 Å². The van der Waals surface area contributed by atoms with Crippen LogP contribution in [0.25, 0.3) is 0 Å². The van der Waals surface area contributed by atoms with Gasteiger partial charge in [-0.3, -0.25) is 9.59 Å². The maximum Gasteiger partial charge on any atom is 0.170 e. The Labute approximate surface area is 197 Å². The number of carbonyl (C=O) groups is 2. The molecule has 0 bridgehead atoms. The van der Waals surface area contributed by atoms with Crippen LogP contribution in [-0.4, -0.2) is 28.4 Å². The van der Waals surface area contributed by atoms with E-state index in [2.05, 4.69) is 33.8 Å². The Hall–Kier alpha value is -2.30. The standard InChI is InChI=1S/C28H38O5/c1-15(2)12-20(30)21-23(31)17-13-28(6)11-7-8-16(3)9-10-19-22(27(19,4)5)26(28)33-25(17)18(14-29)24(21)32/h8,14-15,19,22,26,31-32H,7,9-13H2,1-6H3/t19-,22+,26+,28-/m0/s1. The first-order valence-corrected chi connectivity index (χ1v) is 12.3. The number of allylic oxidation sites excluding steroid dienone is 2. The Morgan fingerprint density at radius 2 is 1.94 bits per heavy atom. The SMILES string of the molecule is CC1=CCC[C@@]2(C)Cc3c(O)c(C(=O)CC(C)C)c(O)c(C=O)c3O[C@@H]2[C@H]2[C@H](CC1)C2(C)C. The van der Waals surface area contributed by atoms with E-state index in [1.165, 1.54) is 5.57 Å². The molecule has 0 saturated heterocycles. The predicted octanol–water partition coefficient (Wildman–Crippen LogP) is 6.24. The number of aldehydes is 1. The largest absolute Gasteiger partial charge is 0.507 e. The van der Waals surface area contributed by atoms with Crippen LogP contribution in [0, 0.1) is 28.6 Å². The minimum atomic E-state index is -0.458. The molecule has 4 atom stereocenters. The molecule has 1 saturated carbocycles. The molecule has 5 heteroatoms. The number of fused-ring (bicyclic) bond motifs is 4. The van der Waals surface area contributed by atoms with E-state index in [1.807, 2.05) is 13.8 Å². The van der Waals surface area contributed by atoms with Crippen LogP contribution >= 0.6 is 0 Å². The molecule has 0 amide bonds. The number of hydrogen-bond donors (Lipinski definition) is 2. The van der Waals surface area contributed by atoms with Gasteiger partial charge in [0.15, 0.2) is 12.1 Å². The molecule has 33 heavy (non-hydrogen) atoms. The summed E-state index contributed by atoms with van der Waals surface area (Å²) >= 11 is 0. The third kappa shape index (κ3) is 3.87. The van der Waals surface area contributed by atoms with Gasteiger partial charge < -0.3 is 14.9 Å². The Morgan fingerprint density at radius 3 is 2.58 bits per heavy atom. The van der Waals surface area contributed by atoms with E-state index in [0.29, 0.717) is 30.1 Å². The van der Waals surface area contributed by atoms with Crippen LogP contribution in [0.15, 0.2) is 11.6 Å². The molecular formula is C28H38O5. The number of ketones is 1. The first-order valence-electron chi connectivity index (χ1n) is 12.3. The van der Waals surface area contributed by atoms with Crippen molar-refractivity contribution in [3.63, 3.8) is 0 Å². The van der Waals surface area contributed by atoms with Crippen molar-refractivity contribution in [2.24, 2.45) is 28.6 Å². The second-order valence-electron chi connectivity index (χ2n) is 11.9. The summed E-state index contributed by atoms with van der Waals surface area (Å²) in [6.45, 7) is 12.8. The van der Waals surface area contributed by atoms with E-state index in [0.717, 1.165) is 25.7 Å². The molecule has 1 aliphatic heterocycles. The van der Waals surface area contributed by atoms with Gasteiger partial charge in [-0.2, -0.15) is 0 Å². The molecule has 4 rings (SSSR count). The van der Waals surface area contributed by atoms with Crippen LogP contribution in [0.4, 0.5) is 0 Å². The third-order valence-corrected chi connectivity index (χ3v) is 8.56. The van der Waals surface area contributed by atoms with Gasteiger partial charge in [0.25, 0.3) is 0 Å². The molecule has 2 N–H and O–H groups in total. The fourth-order valence-electron chi connectivity index (χ4n) is 6.50. The quantitative estimate of drug-likeness (QED) is 0.319. The van der Waals surface area contributed by atoms with Gasteiger partial charge in [-0.1, -0.05) is 46.3 Å². The van der Waals surface area contributed by atoms with Gasteiger partial charge in [0, 0.05) is 23.3 Å². The van der Waals surface area contributed by atoms with Crippen molar-refractivity contribution < 1.29 is 24.5 Å². The van der Waals surface area contributed by atoms with E-state index in [1.54, 1.807) is 0 Å². The fraction of sp³-hybridized carbons (Fsp3) is 0.643. The Morgan fingerprint density at radius 1 is 1.24 bits per heavy atom. The number of rotatable bonds is 4. The second-order valence-corrected chi connectivity index (χ2v) is 11.9. The second kappa shape index (κ2) is 8.18. The Bertz CT molecular complexity index is 1020. The van der Waals surface area contributed by atoms with Crippen LogP contribution in [0.5, 0.6) is 17.2 Å². The number of Topliss-reactive ketones (excluding diaryl/α,β-unsaturated/α-hetero) is 1. The van der Waals surface area contributed by atoms with Crippen LogP contribution in [0.1, 0.15) is 99.9 Å². The average Bonchev–Trinajstić information content (AvgIpc) is 3.26. The first-order chi connectivity index (χ1) is 15.4. The molecule has 0 aromatic heterocycles. The van der Waals surface area contributed by atoms with Gasteiger partial charge >= 0.3 is 0 Å². The van der Waals surface area contributed by atoms with E-state index in [4.69, 9.17) is 4.74 Å². The van der Waals surface area contributed by atoms with Crippen molar-refractivity contribution >= 4 is 12.1 Å². The number of hydrogen-bond acceptors (Lipinski definition) is 5. The maximum absolute atomic E-state index is 12.9. The van der Waals surface area contributed by atoms with Gasteiger partial charge in [-0.15, -0.1) is 0 Å². The highest BCUT2D eigenvalue weighted by Crippen LogP contribution is 2.67. The van der Waals surface area contributed by atoms with E-state index < -0.39 is 5.75 Å². The minimum Gasteiger partial charge on any atom is -0.507 e. The predicted molar refractivity (Wildman–Crippen MR) is 128 cm³/mol. The summed E-state index contributed by atoms with van der Waals surface area (Å²) in [4.78, 5) is 25.0. The molecule has 1 fully saturated rings. The summed E-state index contributed by atoms with van der Waals surface area (Å²) in [5.41, 5.74) is 1.62. The van der Waals surface area contributed by atoms with Gasteiger partial charge in [0.2, 0.25) is 0 Å². The lowest BCUT2D eigenvalue weighted by Gasteiger charge is -2.44. The lowest BCUT2D eigenvalue weighted by molar-refractivity contribution is 0.00493. The molecule has 0 unspecified atom stereocenters. The summed E-state index contributed by atoms with van der Waals surface area (Å²) in [6, 6.07) is 0. The molecule has 0 spiro atoms. The van der Waals surface area contributed by atoms with Crippen molar-refractivity contribution in [3.8, 4) is 17.2 Å². The van der Waals surface area contributed by atoms with Crippen molar-refractivity contribution in [2.75, 3.05) is 0 Å². The summed E-state index contributed by atoms with van der Waals surface area (Å²) < 4.78 is 6.60. The molecule has 1 aromatic rings. The average molecular weight is 455 g/mol. The smallest absolute Gasteiger partial charge is 0.170 e. The van der Waals surface area contributed by atoms with Crippen LogP contribution in [0.2, 0.25) is 0 Å². The van der Waals surface area contributed by atoms with Gasteiger partial charge in [-0.05, 0) is 56.3 Å². The van der Waals surface area contributed by atoms with Gasteiger partial charge in [-0.25, -0.2) is 0 Å². The zero-order chi connectivity index (χ0) is 24.3. The fourth-order valence-corrected chi connectivity index (χ4v) is 6.50. The number of aromatic hydroxyl groups is 2. The summed E-state index contributed by atoms with van der Waals surface area (Å²) in [7, 11) is 0. The topological polar surface area (TPSA) is 83.8 Å². The third-order valence-electron chi connectivity index (χ3n) is 8.56. The molecule has 0 radical (unpaired) electrons. The number of carbonyl (C=O) groups excluding carboxylic acids is 2. The minimum absolute atomic E-state index is 0.0141. The summed E-state index contributed by atoms with van der Waals surface area (Å²) in [5.74, 6) is 0.146. The highest BCUT2D eigenvalue weighted by molar-refractivity contribution is 6.05. The number of phenolic OH excluding ortho intramolecular Hbond substituents is 2. The highest BCUT2D eigenvalue weighted by Gasteiger charge is 2.65. The molecule has 1 aromatic carbocycles. The summed E-state index contributed by atoms with van der Waals surface area (Å²) in [5, 5.41) is 22.0. The van der Waals surface area contributed by atoms with E-state index in [-0.39, 0.29) is 57.7 Å². The van der Waals surface area contributed by atoms with Crippen molar-refractivity contribution in [2.45, 2.75) is 86.2 Å². The summed E-state index contributed by atoms with van der Waals surface area (Å²) in [6.07, 6.45) is 7.47. The molecule has 180 valence electrons. The maximum atomic E-state index is 12.9. The lowest BCUT2D eigenvalue weighted by atomic mass is 9.69. The molecular weight excluding hydrogens is 416 g/mol. The molecule has 1 heterocycles. The number of benzene rings is 1. The lowest BCUT2D eigenvalue weighted by Crippen LogP contribution is -2.45. The monoisotopic (exact) mass is 454 g/mol. The van der Waals surface area contributed by atoms with E-state index >= 15 is 0 Å². The zero-order valence-electron chi connectivity index (χ0n) is 20.8. The Balaban J connectivity index is 1.85. The van der Waals surface area contributed by atoms with Crippen LogP contribution < -0.4 is 4.74 Å². The van der Waals surface area contributed by atoms with Crippen molar-refractivity contribution in [1.82, 2.24) is 0 Å². The highest BCUT2D eigenvalue weighted by atomic mass is 16.5. The van der Waals surface area contributed by atoms with Crippen molar-refractivity contribution in [3.05, 3.63) is 28.3 Å². The zero-order valence-corrected chi connectivity index (χ0v) is 20.8. The molecule has 3 aliphatic rings. The molecule has 2 aliphatic carbocycles. The number of ether oxygens (including phenoxy) is 1. The normalized spacial score (nSPS) is 30.3.